The molecule has 1 saturated carbocycles. The zero-order chi connectivity index (χ0) is 15.0. The molecule has 0 bridgehead atoms. The number of urea groups is 1. The lowest BCUT2D eigenvalue weighted by atomic mass is 9.77. The van der Waals surface area contributed by atoms with Crippen LogP contribution in [0.15, 0.2) is 18.2 Å². The van der Waals surface area contributed by atoms with Gasteiger partial charge in [-0.15, -0.1) is 0 Å². The largest absolute Gasteiger partial charge is 0.384 e. The Bertz CT molecular complexity index is 579. The maximum absolute atomic E-state index is 12.7. The van der Waals surface area contributed by atoms with Gasteiger partial charge < -0.3 is 11.1 Å². The molecule has 2 fully saturated rings. The Morgan fingerprint density at radius 1 is 1.38 bits per heavy atom. The van der Waals surface area contributed by atoms with Crippen LogP contribution >= 0.6 is 0 Å². The smallest absolute Gasteiger partial charge is 0.325 e. The number of nitrogens with one attached hydrogen (secondary N) is 1. The van der Waals surface area contributed by atoms with Gasteiger partial charge in [-0.3, -0.25) is 9.69 Å². The van der Waals surface area contributed by atoms with Crippen molar-refractivity contribution >= 4 is 17.8 Å². The van der Waals surface area contributed by atoms with Gasteiger partial charge in [0.25, 0.3) is 5.91 Å². The van der Waals surface area contributed by atoms with E-state index in [-0.39, 0.29) is 18.5 Å². The second kappa shape index (κ2) is 5.02. The van der Waals surface area contributed by atoms with Crippen molar-refractivity contribution in [2.75, 3.05) is 5.73 Å². The SMILES string of the molecule is CC1CCC2(CC1)NC(=O)N(Cc1cccc(N)n1)C2=O. The Labute approximate surface area is 123 Å². The summed E-state index contributed by atoms with van der Waals surface area (Å²) in [6, 6.07) is 4.90. The van der Waals surface area contributed by atoms with Crippen molar-refractivity contribution in [3.63, 3.8) is 0 Å². The fourth-order valence-corrected chi connectivity index (χ4v) is 3.16. The van der Waals surface area contributed by atoms with Gasteiger partial charge in [0.1, 0.15) is 11.4 Å². The molecule has 2 aliphatic rings. The van der Waals surface area contributed by atoms with E-state index in [1.807, 2.05) is 0 Å². The van der Waals surface area contributed by atoms with E-state index in [9.17, 15) is 9.59 Å². The predicted molar refractivity (Wildman–Crippen MR) is 78.1 cm³/mol. The third kappa shape index (κ3) is 2.46. The molecule has 1 saturated heterocycles. The predicted octanol–water partition coefficient (Wildman–Crippen LogP) is 1.66. The van der Waals surface area contributed by atoms with E-state index in [1.165, 1.54) is 4.90 Å². The molecule has 3 amide bonds. The number of carbonyl (C=O) groups is 2. The monoisotopic (exact) mass is 288 g/mol. The quantitative estimate of drug-likeness (QED) is 0.810. The second-order valence-corrected chi connectivity index (χ2v) is 6.14. The van der Waals surface area contributed by atoms with Crippen LogP contribution in [-0.4, -0.2) is 27.4 Å². The first kappa shape index (κ1) is 13.9. The molecule has 0 unspecified atom stereocenters. The second-order valence-electron chi connectivity index (χ2n) is 6.14. The van der Waals surface area contributed by atoms with Crippen LogP contribution < -0.4 is 11.1 Å². The Balaban J connectivity index is 1.78. The topological polar surface area (TPSA) is 88.3 Å². The molecule has 21 heavy (non-hydrogen) atoms. The first-order chi connectivity index (χ1) is 10.00. The molecule has 6 nitrogen and oxygen atoms in total. The number of pyridine rings is 1. The fourth-order valence-electron chi connectivity index (χ4n) is 3.16. The molecular formula is C15H20N4O2. The fraction of sp³-hybridized carbons (Fsp3) is 0.533. The number of nitrogens with two attached hydrogens (primary N) is 1. The number of anilines is 1. The summed E-state index contributed by atoms with van der Waals surface area (Å²) in [6.07, 6.45) is 3.38. The highest BCUT2D eigenvalue weighted by atomic mass is 16.2. The molecule has 3 rings (SSSR count). The van der Waals surface area contributed by atoms with Crippen molar-refractivity contribution in [2.24, 2.45) is 5.92 Å². The molecule has 1 aliphatic heterocycles. The summed E-state index contributed by atoms with van der Waals surface area (Å²) in [4.78, 5) is 30.3. The van der Waals surface area contributed by atoms with Gasteiger partial charge in [0.2, 0.25) is 0 Å². The van der Waals surface area contributed by atoms with Gasteiger partial charge in [0, 0.05) is 0 Å². The average molecular weight is 288 g/mol. The van der Waals surface area contributed by atoms with Crippen molar-refractivity contribution < 1.29 is 9.59 Å². The standard InChI is InChI=1S/C15H20N4O2/c1-10-5-7-15(8-6-10)13(20)19(14(21)18-15)9-11-3-2-4-12(16)17-11/h2-4,10H,5-9H2,1H3,(H2,16,17)(H,18,21). The lowest BCUT2D eigenvalue weighted by Crippen LogP contribution is -2.49. The molecule has 6 heteroatoms. The van der Waals surface area contributed by atoms with Gasteiger partial charge >= 0.3 is 6.03 Å². The molecule has 1 aromatic rings. The maximum atomic E-state index is 12.7. The first-order valence-corrected chi connectivity index (χ1v) is 7.36. The van der Waals surface area contributed by atoms with Crippen LogP contribution in [-0.2, 0) is 11.3 Å². The number of aromatic nitrogens is 1. The molecule has 1 aliphatic carbocycles. The van der Waals surface area contributed by atoms with Crippen LogP contribution in [0.2, 0.25) is 0 Å². The molecule has 0 radical (unpaired) electrons. The molecular weight excluding hydrogens is 268 g/mol. The number of amides is 3. The highest BCUT2D eigenvalue weighted by Gasteiger charge is 2.51. The van der Waals surface area contributed by atoms with E-state index in [1.54, 1.807) is 18.2 Å². The zero-order valence-electron chi connectivity index (χ0n) is 12.1. The molecule has 0 atom stereocenters. The normalized spacial score (nSPS) is 29.0. The van der Waals surface area contributed by atoms with Gasteiger partial charge in [0.15, 0.2) is 0 Å². The van der Waals surface area contributed by atoms with Gasteiger partial charge in [-0.2, -0.15) is 0 Å². The van der Waals surface area contributed by atoms with E-state index in [0.717, 1.165) is 25.7 Å². The van der Waals surface area contributed by atoms with Crippen molar-refractivity contribution in [1.29, 1.82) is 0 Å². The van der Waals surface area contributed by atoms with E-state index >= 15 is 0 Å². The number of carbonyl (C=O) groups excluding carboxylic acids is 2. The van der Waals surface area contributed by atoms with Crippen LogP contribution in [0, 0.1) is 5.92 Å². The molecule has 1 aromatic heterocycles. The first-order valence-electron chi connectivity index (χ1n) is 7.36. The average Bonchev–Trinajstić information content (AvgIpc) is 2.67. The van der Waals surface area contributed by atoms with Crippen molar-refractivity contribution in [1.82, 2.24) is 15.2 Å². The van der Waals surface area contributed by atoms with Gasteiger partial charge in [-0.1, -0.05) is 13.0 Å². The lowest BCUT2D eigenvalue weighted by Gasteiger charge is -2.33. The van der Waals surface area contributed by atoms with Crippen LogP contribution in [0.25, 0.3) is 0 Å². The molecule has 2 heterocycles. The molecule has 112 valence electrons. The number of nitrogens with zero attached hydrogens (tertiary/aromatic N) is 2. The van der Waals surface area contributed by atoms with Crippen molar-refractivity contribution in [3.05, 3.63) is 23.9 Å². The summed E-state index contributed by atoms with van der Waals surface area (Å²) < 4.78 is 0. The number of imide groups is 1. The number of hydrogen-bond acceptors (Lipinski definition) is 4. The minimum Gasteiger partial charge on any atom is -0.384 e. The Morgan fingerprint density at radius 3 is 2.76 bits per heavy atom. The third-order valence-corrected chi connectivity index (χ3v) is 4.52. The summed E-state index contributed by atoms with van der Waals surface area (Å²) in [5.74, 6) is 0.884. The summed E-state index contributed by atoms with van der Waals surface area (Å²) in [7, 11) is 0. The minimum absolute atomic E-state index is 0.122. The van der Waals surface area contributed by atoms with Gasteiger partial charge in [-0.25, -0.2) is 9.78 Å². The van der Waals surface area contributed by atoms with Gasteiger partial charge in [-0.05, 0) is 43.7 Å². The summed E-state index contributed by atoms with van der Waals surface area (Å²) in [6.45, 7) is 2.36. The van der Waals surface area contributed by atoms with Crippen LogP contribution in [0.5, 0.6) is 0 Å². The lowest BCUT2D eigenvalue weighted by molar-refractivity contribution is -0.133. The van der Waals surface area contributed by atoms with E-state index in [4.69, 9.17) is 5.73 Å². The van der Waals surface area contributed by atoms with E-state index in [2.05, 4.69) is 17.2 Å². The Hall–Kier alpha value is -2.11. The zero-order valence-corrected chi connectivity index (χ0v) is 12.1. The maximum Gasteiger partial charge on any atom is 0.325 e. The van der Waals surface area contributed by atoms with E-state index < -0.39 is 5.54 Å². The number of hydrogen-bond donors (Lipinski definition) is 2. The minimum atomic E-state index is -0.691. The Kier molecular flexibility index (Phi) is 3.31. The van der Waals surface area contributed by atoms with Crippen LogP contribution in [0.3, 0.4) is 0 Å². The van der Waals surface area contributed by atoms with Crippen LogP contribution in [0.4, 0.5) is 10.6 Å². The highest BCUT2D eigenvalue weighted by Crippen LogP contribution is 2.36. The van der Waals surface area contributed by atoms with Crippen molar-refractivity contribution in [3.8, 4) is 0 Å². The van der Waals surface area contributed by atoms with Gasteiger partial charge in [0.05, 0.1) is 12.2 Å². The number of nitrogen functional groups attached to an aromatic ring is 1. The molecule has 0 aromatic carbocycles. The van der Waals surface area contributed by atoms with E-state index in [0.29, 0.717) is 17.4 Å². The molecule has 1 spiro atoms. The summed E-state index contributed by atoms with van der Waals surface area (Å²) >= 11 is 0. The Morgan fingerprint density at radius 2 is 2.10 bits per heavy atom. The van der Waals surface area contributed by atoms with Crippen molar-refractivity contribution in [2.45, 2.75) is 44.7 Å². The summed E-state index contributed by atoms with van der Waals surface area (Å²) in [5.41, 5.74) is 5.57. The summed E-state index contributed by atoms with van der Waals surface area (Å²) in [5, 5.41) is 2.90. The van der Waals surface area contributed by atoms with Crippen LogP contribution in [0.1, 0.15) is 38.3 Å². The molecule has 3 N–H and O–H groups in total. The third-order valence-electron chi connectivity index (χ3n) is 4.52. The highest BCUT2D eigenvalue weighted by molar-refractivity contribution is 6.07. The number of rotatable bonds is 2.